The minimum atomic E-state index is -1.01. The molecular formula is C11H16N2O3S. The standard InChI is InChI=1S/C11H16N2O3S/c1-17(16)6-2-5-13-10-4-3-8(12)7-9(10)11(14)15/h3-4,7,13H,2,5-6,12H2,1H3,(H,14,15). The zero-order valence-corrected chi connectivity index (χ0v) is 10.4. The van der Waals surface area contributed by atoms with E-state index in [0.717, 1.165) is 6.42 Å². The lowest BCUT2D eigenvalue weighted by Crippen LogP contribution is -2.10. The lowest BCUT2D eigenvalue weighted by molar-refractivity contribution is 0.0698. The smallest absolute Gasteiger partial charge is 0.337 e. The summed E-state index contributed by atoms with van der Waals surface area (Å²) in [7, 11) is -0.818. The molecule has 17 heavy (non-hydrogen) atoms. The molecule has 94 valence electrons. The van der Waals surface area contributed by atoms with Crippen LogP contribution in [0.2, 0.25) is 0 Å². The fourth-order valence-electron chi connectivity index (χ4n) is 1.39. The molecule has 1 atom stereocenters. The van der Waals surface area contributed by atoms with Crippen LogP contribution >= 0.6 is 0 Å². The Hall–Kier alpha value is -1.56. The van der Waals surface area contributed by atoms with Crippen molar-refractivity contribution in [2.75, 3.05) is 29.6 Å². The highest BCUT2D eigenvalue weighted by Gasteiger charge is 2.09. The Morgan fingerprint density at radius 2 is 2.24 bits per heavy atom. The van der Waals surface area contributed by atoms with E-state index in [4.69, 9.17) is 10.8 Å². The average molecular weight is 256 g/mol. The molecule has 0 heterocycles. The molecule has 1 rings (SSSR count). The van der Waals surface area contributed by atoms with E-state index in [2.05, 4.69) is 5.32 Å². The van der Waals surface area contributed by atoms with Crippen molar-refractivity contribution in [1.82, 2.24) is 0 Å². The zero-order valence-electron chi connectivity index (χ0n) is 9.60. The van der Waals surface area contributed by atoms with Crippen molar-refractivity contribution in [3.63, 3.8) is 0 Å². The Morgan fingerprint density at radius 1 is 1.53 bits per heavy atom. The second kappa shape index (κ2) is 6.24. The monoisotopic (exact) mass is 256 g/mol. The summed E-state index contributed by atoms with van der Waals surface area (Å²) in [6, 6.07) is 4.71. The Balaban J connectivity index is 2.64. The van der Waals surface area contributed by atoms with Gasteiger partial charge in [-0.05, 0) is 24.6 Å². The molecular weight excluding hydrogens is 240 g/mol. The number of aromatic carboxylic acids is 1. The highest BCUT2D eigenvalue weighted by atomic mass is 32.2. The predicted octanol–water partition coefficient (Wildman–Crippen LogP) is 1.15. The lowest BCUT2D eigenvalue weighted by atomic mass is 10.1. The average Bonchev–Trinajstić information content (AvgIpc) is 2.25. The first-order valence-corrected chi connectivity index (χ1v) is 6.90. The molecule has 0 aromatic heterocycles. The molecule has 1 aromatic carbocycles. The van der Waals surface area contributed by atoms with E-state index in [9.17, 15) is 9.00 Å². The third-order valence-corrected chi connectivity index (χ3v) is 3.06. The van der Waals surface area contributed by atoms with Gasteiger partial charge in [0.2, 0.25) is 0 Å². The van der Waals surface area contributed by atoms with E-state index in [-0.39, 0.29) is 5.56 Å². The minimum Gasteiger partial charge on any atom is -0.478 e. The van der Waals surface area contributed by atoms with E-state index < -0.39 is 16.8 Å². The van der Waals surface area contributed by atoms with Gasteiger partial charge in [-0.2, -0.15) is 0 Å². The maximum atomic E-state index is 11.0. The first kappa shape index (κ1) is 13.5. The molecule has 0 aliphatic heterocycles. The molecule has 0 amide bonds. The fourth-order valence-corrected chi connectivity index (χ4v) is 1.94. The van der Waals surface area contributed by atoms with Gasteiger partial charge in [0.25, 0.3) is 0 Å². The minimum absolute atomic E-state index is 0.155. The van der Waals surface area contributed by atoms with E-state index in [1.165, 1.54) is 6.07 Å². The molecule has 0 radical (unpaired) electrons. The maximum absolute atomic E-state index is 11.0. The molecule has 1 unspecified atom stereocenters. The van der Waals surface area contributed by atoms with Crippen LogP contribution in [0.4, 0.5) is 11.4 Å². The number of anilines is 2. The second-order valence-corrected chi connectivity index (χ2v) is 5.22. The highest BCUT2D eigenvalue weighted by Crippen LogP contribution is 2.18. The molecule has 0 saturated carbocycles. The maximum Gasteiger partial charge on any atom is 0.337 e. The summed E-state index contributed by atoms with van der Waals surface area (Å²) in [6.45, 7) is 0.587. The van der Waals surface area contributed by atoms with Crippen molar-refractivity contribution < 1.29 is 14.1 Å². The van der Waals surface area contributed by atoms with E-state index >= 15 is 0 Å². The summed E-state index contributed by atoms with van der Waals surface area (Å²) in [5, 5.41) is 12.0. The number of nitrogen functional groups attached to an aromatic ring is 1. The Labute approximate surface area is 102 Å². The van der Waals surface area contributed by atoms with Crippen molar-refractivity contribution >= 4 is 28.1 Å². The zero-order chi connectivity index (χ0) is 12.8. The van der Waals surface area contributed by atoms with Crippen LogP contribution in [0.5, 0.6) is 0 Å². The fraction of sp³-hybridized carbons (Fsp3) is 0.364. The number of hydrogen-bond donors (Lipinski definition) is 3. The first-order chi connectivity index (χ1) is 8.00. The molecule has 6 heteroatoms. The van der Waals surface area contributed by atoms with Gasteiger partial charge in [-0.15, -0.1) is 0 Å². The van der Waals surface area contributed by atoms with Gasteiger partial charge in [0.1, 0.15) is 0 Å². The Morgan fingerprint density at radius 3 is 2.82 bits per heavy atom. The number of benzene rings is 1. The Bertz CT molecular complexity index is 435. The van der Waals surface area contributed by atoms with Crippen LogP contribution in [0.25, 0.3) is 0 Å². The summed E-state index contributed by atoms with van der Waals surface area (Å²) >= 11 is 0. The van der Waals surface area contributed by atoms with Gasteiger partial charge in [0.15, 0.2) is 0 Å². The summed E-state index contributed by atoms with van der Waals surface area (Å²) in [4.78, 5) is 11.0. The third-order valence-electron chi connectivity index (χ3n) is 2.20. The van der Waals surface area contributed by atoms with E-state index in [0.29, 0.717) is 23.7 Å². The van der Waals surface area contributed by atoms with E-state index in [1.54, 1.807) is 18.4 Å². The normalized spacial score (nSPS) is 12.1. The topological polar surface area (TPSA) is 92.4 Å². The molecule has 0 saturated heterocycles. The second-order valence-electron chi connectivity index (χ2n) is 3.67. The molecule has 0 spiro atoms. The predicted molar refractivity (Wildman–Crippen MR) is 69.9 cm³/mol. The summed E-state index contributed by atoms with van der Waals surface area (Å²) in [5.41, 5.74) is 6.64. The summed E-state index contributed by atoms with van der Waals surface area (Å²) in [6.07, 6.45) is 2.37. The number of carboxylic acids is 1. The van der Waals surface area contributed by atoms with Gasteiger partial charge < -0.3 is 16.2 Å². The van der Waals surface area contributed by atoms with Crippen molar-refractivity contribution in [2.24, 2.45) is 0 Å². The lowest BCUT2D eigenvalue weighted by Gasteiger charge is -2.09. The molecule has 0 fully saturated rings. The van der Waals surface area contributed by atoms with Crippen LogP contribution < -0.4 is 11.1 Å². The number of rotatable bonds is 6. The van der Waals surface area contributed by atoms with Gasteiger partial charge in [-0.1, -0.05) is 0 Å². The molecule has 5 nitrogen and oxygen atoms in total. The quantitative estimate of drug-likeness (QED) is 0.524. The van der Waals surface area contributed by atoms with Crippen molar-refractivity contribution in [2.45, 2.75) is 6.42 Å². The van der Waals surface area contributed by atoms with Crippen LogP contribution in [0.1, 0.15) is 16.8 Å². The SMILES string of the molecule is CS(=O)CCCNc1ccc(N)cc1C(=O)O. The van der Waals surface area contributed by atoms with Crippen LogP contribution in [0, 0.1) is 0 Å². The Kier molecular flexibility index (Phi) is 4.96. The largest absolute Gasteiger partial charge is 0.478 e. The van der Waals surface area contributed by atoms with Gasteiger partial charge in [0, 0.05) is 40.7 Å². The van der Waals surface area contributed by atoms with Crippen molar-refractivity contribution in [1.29, 1.82) is 0 Å². The number of carboxylic acid groups (broad SMARTS) is 1. The first-order valence-electron chi connectivity index (χ1n) is 5.17. The molecule has 4 N–H and O–H groups in total. The number of hydrogen-bond acceptors (Lipinski definition) is 4. The third kappa shape index (κ3) is 4.44. The van der Waals surface area contributed by atoms with E-state index in [1.807, 2.05) is 0 Å². The van der Waals surface area contributed by atoms with Crippen LogP contribution in [0.15, 0.2) is 18.2 Å². The molecule has 0 aliphatic rings. The summed E-state index contributed by atoms with van der Waals surface area (Å²) in [5.74, 6) is -0.413. The summed E-state index contributed by atoms with van der Waals surface area (Å²) < 4.78 is 10.8. The number of nitrogens with two attached hydrogens (primary N) is 1. The van der Waals surface area contributed by atoms with Gasteiger partial charge in [-0.25, -0.2) is 4.79 Å². The van der Waals surface area contributed by atoms with Gasteiger partial charge in [0.05, 0.1) is 5.56 Å². The van der Waals surface area contributed by atoms with Crippen LogP contribution in [0.3, 0.4) is 0 Å². The van der Waals surface area contributed by atoms with Crippen molar-refractivity contribution in [3.05, 3.63) is 23.8 Å². The number of nitrogens with one attached hydrogen (secondary N) is 1. The number of carbonyl (C=O) groups is 1. The molecule has 0 aliphatic carbocycles. The highest BCUT2D eigenvalue weighted by molar-refractivity contribution is 7.84. The van der Waals surface area contributed by atoms with Gasteiger partial charge in [-0.3, -0.25) is 4.21 Å². The van der Waals surface area contributed by atoms with Crippen molar-refractivity contribution in [3.8, 4) is 0 Å². The van der Waals surface area contributed by atoms with Crippen LogP contribution in [-0.2, 0) is 10.8 Å². The van der Waals surface area contributed by atoms with Crippen LogP contribution in [-0.4, -0.2) is 33.8 Å². The van der Waals surface area contributed by atoms with Gasteiger partial charge >= 0.3 is 5.97 Å². The molecule has 1 aromatic rings. The molecule has 0 bridgehead atoms.